The van der Waals surface area contributed by atoms with E-state index in [2.05, 4.69) is 6.07 Å². The van der Waals surface area contributed by atoms with Gasteiger partial charge in [-0.25, -0.2) is 4.79 Å². The zero-order chi connectivity index (χ0) is 25.4. The number of hydrogen-bond donors (Lipinski definition) is 0. The summed E-state index contributed by atoms with van der Waals surface area (Å²) in [4.78, 5) is 12.8. The molecule has 3 aromatic rings. The molecule has 0 bridgehead atoms. The number of allylic oxidation sites excluding steroid dienone is 1. The summed E-state index contributed by atoms with van der Waals surface area (Å²) in [5.74, 6) is 1.94. The second-order valence-corrected chi connectivity index (χ2v) is 7.14. The summed E-state index contributed by atoms with van der Waals surface area (Å²) >= 11 is 0. The fraction of sp³-hybridized carbons (Fsp3) is 0.185. The highest BCUT2D eigenvalue weighted by molar-refractivity contribution is 5.93. The monoisotopic (exact) mass is 475 g/mol. The van der Waals surface area contributed by atoms with Gasteiger partial charge in [0, 0.05) is 6.07 Å². The van der Waals surface area contributed by atoms with Crippen molar-refractivity contribution in [3.63, 3.8) is 0 Å². The third-order valence-corrected chi connectivity index (χ3v) is 5.10. The molecular formula is C27H25NO7. The van der Waals surface area contributed by atoms with Crippen LogP contribution in [0.4, 0.5) is 0 Å². The van der Waals surface area contributed by atoms with Gasteiger partial charge in [0.05, 0.1) is 52.8 Å². The van der Waals surface area contributed by atoms with Crippen LogP contribution < -0.4 is 28.4 Å². The molecule has 0 heterocycles. The van der Waals surface area contributed by atoms with Crippen molar-refractivity contribution >= 4 is 17.6 Å². The van der Waals surface area contributed by atoms with Gasteiger partial charge < -0.3 is 28.4 Å². The van der Waals surface area contributed by atoms with E-state index in [0.29, 0.717) is 45.4 Å². The van der Waals surface area contributed by atoms with E-state index in [-0.39, 0.29) is 11.3 Å². The third-order valence-electron chi connectivity index (χ3n) is 5.10. The molecule has 0 fully saturated rings. The van der Waals surface area contributed by atoms with Gasteiger partial charge in [-0.05, 0) is 59.7 Å². The van der Waals surface area contributed by atoms with E-state index in [1.165, 1.54) is 28.4 Å². The van der Waals surface area contributed by atoms with Crippen molar-refractivity contribution in [3.8, 4) is 40.6 Å². The number of benzene rings is 3. The molecule has 0 spiro atoms. The normalized spacial score (nSPS) is 10.7. The number of carbonyl (C=O) groups excluding carboxylic acids is 1. The van der Waals surface area contributed by atoms with Crippen LogP contribution >= 0.6 is 0 Å². The first-order chi connectivity index (χ1) is 17.0. The number of hydrogen-bond acceptors (Lipinski definition) is 8. The maximum atomic E-state index is 12.8. The standard InChI is InChI=1S/C27H25NO7/c1-30-21-12-19(13-22(15-21)31-2)27(29)35-24-8-6-17(11-25(24)33-4)10-20(16-28)18-7-9-23(32-3)26(14-18)34-5/h6-15H,1-5H3/b20-10-. The molecule has 0 aliphatic heterocycles. The number of nitrogens with zero attached hydrogens (tertiary/aromatic N) is 1. The van der Waals surface area contributed by atoms with Gasteiger partial charge in [-0.15, -0.1) is 0 Å². The number of rotatable bonds is 9. The van der Waals surface area contributed by atoms with Crippen LogP contribution in [-0.4, -0.2) is 41.5 Å². The maximum absolute atomic E-state index is 12.8. The molecule has 8 heteroatoms. The van der Waals surface area contributed by atoms with Crippen LogP contribution in [0.2, 0.25) is 0 Å². The fourth-order valence-electron chi connectivity index (χ4n) is 3.29. The minimum Gasteiger partial charge on any atom is -0.497 e. The maximum Gasteiger partial charge on any atom is 0.343 e. The summed E-state index contributed by atoms with van der Waals surface area (Å²) in [6, 6.07) is 17.2. The highest BCUT2D eigenvalue weighted by Crippen LogP contribution is 2.33. The third kappa shape index (κ3) is 5.84. The Morgan fingerprint density at radius 1 is 0.686 bits per heavy atom. The van der Waals surface area contributed by atoms with Crippen LogP contribution in [0.15, 0.2) is 54.6 Å². The topological polar surface area (TPSA) is 96.2 Å². The van der Waals surface area contributed by atoms with Crippen molar-refractivity contribution in [2.75, 3.05) is 35.5 Å². The molecule has 0 unspecified atom stereocenters. The van der Waals surface area contributed by atoms with Crippen molar-refractivity contribution in [2.45, 2.75) is 0 Å². The van der Waals surface area contributed by atoms with E-state index >= 15 is 0 Å². The van der Waals surface area contributed by atoms with Crippen LogP contribution in [0, 0.1) is 11.3 Å². The number of nitriles is 1. The second-order valence-electron chi connectivity index (χ2n) is 7.14. The van der Waals surface area contributed by atoms with E-state index in [9.17, 15) is 10.1 Å². The summed E-state index contributed by atoms with van der Waals surface area (Å²) in [6.07, 6.45) is 1.70. The number of methoxy groups -OCH3 is 5. The average molecular weight is 475 g/mol. The Bertz CT molecular complexity index is 1270. The lowest BCUT2D eigenvalue weighted by Crippen LogP contribution is -2.10. The Hall–Kier alpha value is -4.64. The van der Waals surface area contributed by atoms with Gasteiger partial charge in [-0.2, -0.15) is 5.26 Å². The van der Waals surface area contributed by atoms with E-state index in [1.54, 1.807) is 67.8 Å². The zero-order valence-electron chi connectivity index (χ0n) is 20.1. The molecule has 0 radical (unpaired) electrons. The molecule has 3 aromatic carbocycles. The van der Waals surface area contributed by atoms with E-state index in [4.69, 9.17) is 28.4 Å². The number of esters is 1. The Morgan fingerprint density at radius 3 is 1.86 bits per heavy atom. The Morgan fingerprint density at radius 2 is 1.29 bits per heavy atom. The van der Waals surface area contributed by atoms with Crippen LogP contribution in [0.25, 0.3) is 11.6 Å². The molecule has 3 rings (SSSR count). The van der Waals surface area contributed by atoms with Gasteiger partial charge in [0.1, 0.15) is 11.5 Å². The largest absolute Gasteiger partial charge is 0.497 e. The quantitative estimate of drug-likeness (QED) is 0.184. The lowest BCUT2D eigenvalue weighted by molar-refractivity contribution is 0.0729. The van der Waals surface area contributed by atoms with Gasteiger partial charge in [-0.3, -0.25) is 0 Å². The average Bonchev–Trinajstić information content (AvgIpc) is 2.91. The Balaban J connectivity index is 1.90. The summed E-state index contributed by atoms with van der Waals surface area (Å²) < 4.78 is 32.0. The SMILES string of the molecule is COc1cc(OC)cc(C(=O)Oc2ccc(/C=C(/C#N)c3ccc(OC)c(OC)c3)cc2OC)c1. The number of carbonyl (C=O) groups is 1. The van der Waals surface area contributed by atoms with Gasteiger partial charge in [0.25, 0.3) is 0 Å². The first-order valence-electron chi connectivity index (χ1n) is 10.4. The first-order valence-corrected chi connectivity index (χ1v) is 10.4. The lowest BCUT2D eigenvalue weighted by atomic mass is 10.0. The van der Waals surface area contributed by atoms with E-state index in [0.717, 1.165) is 0 Å². The molecule has 0 saturated carbocycles. The van der Waals surface area contributed by atoms with Gasteiger partial charge in [0.15, 0.2) is 23.0 Å². The lowest BCUT2D eigenvalue weighted by Gasteiger charge is -2.12. The fourth-order valence-corrected chi connectivity index (χ4v) is 3.29. The Labute approximate surface area is 203 Å². The predicted molar refractivity (Wildman–Crippen MR) is 131 cm³/mol. The first kappa shape index (κ1) is 25.0. The van der Waals surface area contributed by atoms with Crippen LogP contribution in [0.1, 0.15) is 21.5 Å². The highest BCUT2D eigenvalue weighted by Gasteiger charge is 2.16. The minimum atomic E-state index is -0.605. The Kier molecular flexibility index (Phi) is 8.20. The van der Waals surface area contributed by atoms with Crippen molar-refractivity contribution in [1.29, 1.82) is 5.26 Å². The molecule has 0 amide bonds. The zero-order valence-corrected chi connectivity index (χ0v) is 20.1. The van der Waals surface area contributed by atoms with E-state index in [1.807, 2.05) is 0 Å². The molecule has 0 aliphatic carbocycles. The molecule has 0 aliphatic rings. The molecular weight excluding hydrogens is 450 g/mol. The highest BCUT2D eigenvalue weighted by atomic mass is 16.6. The molecule has 0 N–H and O–H groups in total. The minimum absolute atomic E-state index is 0.223. The summed E-state index contributed by atoms with van der Waals surface area (Å²) in [7, 11) is 7.54. The van der Waals surface area contributed by atoms with Gasteiger partial charge in [-0.1, -0.05) is 6.07 Å². The molecule has 0 atom stereocenters. The van der Waals surface area contributed by atoms with Gasteiger partial charge >= 0.3 is 5.97 Å². The summed E-state index contributed by atoms with van der Waals surface area (Å²) in [5, 5.41) is 9.73. The molecule has 180 valence electrons. The predicted octanol–water partition coefficient (Wildman–Crippen LogP) is 5.01. The second kappa shape index (κ2) is 11.5. The molecule has 0 saturated heterocycles. The summed E-state index contributed by atoms with van der Waals surface area (Å²) in [6.45, 7) is 0. The van der Waals surface area contributed by atoms with Crippen molar-refractivity contribution in [1.82, 2.24) is 0 Å². The van der Waals surface area contributed by atoms with Gasteiger partial charge in [0.2, 0.25) is 0 Å². The van der Waals surface area contributed by atoms with Crippen molar-refractivity contribution < 1.29 is 33.2 Å². The van der Waals surface area contributed by atoms with Crippen LogP contribution in [0.3, 0.4) is 0 Å². The number of ether oxygens (including phenoxy) is 6. The molecule has 8 nitrogen and oxygen atoms in total. The van der Waals surface area contributed by atoms with Crippen molar-refractivity contribution in [2.24, 2.45) is 0 Å². The molecule has 35 heavy (non-hydrogen) atoms. The van der Waals surface area contributed by atoms with Crippen molar-refractivity contribution in [3.05, 3.63) is 71.3 Å². The summed E-state index contributed by atoms with van der Waals surface area (Å²) in [5.41, 5.74) is 2.00. The van der Waals surface area contributed by atoms with Crippen LogP contribution in [0.5, 0.6) is 34.5 Å². The molecule has 0 aromatic heterocycles. The smallest absolute Gasteiger partial charge is 0.343 e. The van der Waals surface area contributed by atoms with Crippen LogP contribution in [-0.2, 0) is 0 Å². The van der Waals surface area contributed by atoms with E-state index < -0.39 is 5.97 Å².